The Labute approximate surface area is 88.7 Å². The van der Waals surface area contributed by atoms with Gasteiger partial charge in [0.2, 0.25) is 0 Å². The molecular formula is C11H15NO3. The molecular weight excluding hydrogens is 194 g/mol. The van der Waals surface area contributed by atoms with E-state index in [9.17, 15) is 4.79 Å². The number of benzene rings is 1. The van der Waals surface area contributed by atoms with Crippen molar-refractivity contribution in [1.82, 2.24) is 0 Å². The van der Waals surface area contributed by atoms with Gasteiger partial charge in [0.1, 0.15) is 5.75 Å². The number of carbonyl (C=O) groups is 1. The molecule has 0 aromatic heterocycles. The molecule has 82 valence electrons. The first kappa shape index (κ1) is 11.5. The lowest BCUT2D eigenvalue weighted by molar-refractivity contribution is -0.137. The Bertz CT molecular complexity index is 321. The minimum absolute atomic E-state index is 0.0615. The van der Waals surface area contributed by atoms with E-state index >= 15 is 0 Å². The van der Waals surface area contributed by atoms with Crippen LogP contribution < -0.4 is 10.5 Å². The second-order valence-corrected chi connectivity index (χ2v) is 3.21. The minimum atomic E-state index is -0.892. The number of hydrogen-bond donors (Lipinski definition) is 2. The highest BCUT2D eigenvalue weighted by Crippen LogP contribution is 2.18. The molecule has 4 heteroatoms. The maximum atomic E-state index is 10.4. The van der Waals surface area contributed by atoms with Gasteiger partial charge in [-0.3, -0.25) is 4.79 Å². The molecule has 0 amide bonds. The van der Waals surface area contributed by atoms with Crippen LogP contribution in [0.2, 0.25) is 0 Å². The average Bonchev–Trinajstić information content (AvgIpc) is 2.18. The summed E-state index contributed by atoms with van der Waals surface area (Å²) in [6.45, 7) is 2.52. The predicted molar refractivity (Wildman–Crippen MR) is 56.8 cm³/mol. The molecule has 1 aromatic carbocycles. The number of nitrogens with two attached hydrogens (primary N) is 1. The zero-order valence-corrected chi connectivity index (χ0v) is 8.64. The van der Waals surface area contributed by atoms with Crippen LogP contribution in [-0.4, -0.2) is 17.7 Å². The Morgan fingerprint density at radius 1 is 1.47 bits per heavy atom. The third-order valence-corrected chi connectivity index (χ3v) is 2.01. The zero-order chi connectivity index (χ0) is 11.3. The van der Waals surface area contributed by atoms with Crippen LogP contribution in [0.5, 0.6) is 5.75 Å². The molecule has 3 N–H and O–H groups in total. The highest BCUT2D eigenvalue weighted by molar-refractivity contribution is 5.67. The van der Waals surface area contributed by atoms with E-state index in [-0.39, 0.29) is 6.42 Å². The van der Waals surface area contributed by atoms with Crippen LogP contribution in [0.15, 0.2) is 24.3 Å². The molecule has 0 aliphatic heterocycles. The number of hydrogen-bond acceptors (Lipinski definition) is 3. The second-order valence-electron chi connectivity index (χ2n) is 3.21. The van der Waals surface area contributed by atoms with Gasteiger partial charge in [0.05, 0.1) is 13.0 Å². The predicted octanol–water partition coefficient (Wildman–Crippen LogP) is 1.56. The number of carboxylic acid groups (broad SMARTS) is 1. The molecule has 0 radical (unpaired) electrons. The third-order valence-electron chi connectivity index (χ3n) is 2.01. The fourth-order valence-electron chi connectivity index (χ4n) is 1.28. The molecule has 0 saturated heterocycles. The Morgan fingerprint density at radius 2 is 2.07 bits per heavy atom. The van der Waals surface area contributed by atoms with Gasteiger partial charge in [-0.2, -0.15) is 0 Å². The van der Waals surface area contributed by atoms with Crippen molar-refractivity contribution in [2.24, 2.45) is 5.73 Å². The van der Waals surface area contributed by atoms with E-state index in [0.29, 0.717) is 6.61 Å². The quantitative estimate of drug-likeness (QED) is 0.771. The van der Waals surface area contributed by atoms with E-state index in [4.69, 9.17) is 15.6 Å². The van der Waals surface area contributed by atoms with Crippen molar-refractivity contribution in [2.45, 2.75) is 19.4 Å². The molecule has 1 rings (SSSR count). The summed E-state index contributed by atoms with van der Waals surface area (Å²) in [7, 11) is 0. The molecule has 0 fully saturated rings. The second kappa shape index (κ2) is 5.36. The molecule has 0 aliphatic carbocycles. The van der Waals surface area contributed by atoms with Crippen molar-refractivity contribution in [3.8, 4) is 5.75 Å². The van der Waals surface area contributed by atoms with E-state index < -0.39 is 12.0 Å². The van der Waals surface area contributed by atoms with Crippen molar-refractivity contribution >= 4 is 5.97 Å². The fraction of sp³-hybridized carbons (Fsp3) is 0.364. The van der Waals surface area contributed by atoms with Gasteiger partial charge < -0.3 is 15.6 Å². The van der Waals surface area contributed by atoms with Crippen LogP contribution in [0, 0.1) is 0 Å². The van der Waals surface area contributed by atoms with Gasteiger partial charge >= 0.3 is 5.97 Å². The first-order valence-electron chi connectivity index (χ1n) is 4.83. The monoisotopic (exact) mass is 209 g/mol. The molecule has 0 bridgehead atoms. The van der Waals surface area contributed by atoms with E-state index in [0.717, 1.165) is 11.3 Å². The lowest BCUT2D eigenvalue weighted by Crippen LogP contribution is -2.14. The smallest absolute Gasteiger partial charge is 0.305 e. The van der Waals surface area contributed by atoms with Crippen molar-refractivity contribution in [1.29, 1.82) is 0 Å². The van der Waals surface area contributed by atoms with Crippen LogP contribution in [0.3, 0.4) is 0 Å². The summed E-state index contributed by atoms with van der Waals surface area (Å²) in [4.78, 5) is 10.4. The number of aliphatic carboxylic acids is 1. The summed E-state index contributed by atoms with van der Waals surface area (Å²) in [5.41, 5.74) is 6.50. The Hall–Kier alpha value is -1.55. The molecule has 4 nitrogen and oxygen atoms in total. The first-order chi connectivity index (χ1) is 7.13. The molecule has 0 unspecified atom stereocenters. The summed E-state index contributed by atoms with van der Waals surface area (Å²) >= 11 is 0. The third kappa shape index (κ3) is 3.59. The summed E-state index contributed by atoms with van der Waals surface area (Å²) in [5, 5.41) is 8.58. The maximum absolute atomic E-state index is 10.4. The standard InChI is InChI=1S/C11H15NO3/c1-2-15-9-5-3-8(4-6-9)10(12)7-11(13)14/h3-6,10H,2,7,12H2,1H3,(H,13,14)/t10-/m0/s1. The number of ether oxygens (including phenoxy) is 1. The lowest BCUT2D eigenvalue weighted by Gasteiger charge is -2.10. The molecule has 1 aromatic rings. The fourth-order valence-corrected chi connectivity index (χ4v) is 1.28. The van der Waals surface area contributed by atoms with Crippen molar-refractivity contribution < 1.29 is 14.6 Å². The molecule has 0 heterocycles. The van der Waals surface area contributed by atoms with Crippen LogP contribution in [0.4, 0.5) is 0 Å². The topological polar surface area (TPSA) is 72.5 Å². The van der Waals surface area contributed by atoms with Crippen molar-refractivity contribution in [3.05, 3.63) is 29.8 Å². The molecule has 1 atom stereocenters. The van der Waals surface area contributed by atoms with Gasteiger partial charge in [-0.25, -0.2) is 0 Å². The van der Waals surface area contributed by atoms with Crippen molar-refractivity contribution in [3.63, 3.8) is 0 Å². The minimum Gasteiger partial charge on any atom is -0.494 e. The SMILES string of the molecule is CCOc1ccc([C@@H](N)CC(=O)O)cc1. The summed E-state index contributed by atoms with van der Waals surface area (Å²) < 4.78 is 5.26. The normalized spacial score (nSPS) is 12.1. The molecule has 0 spiro atoms. The average molecular weight is 209 g/mol. The first-order valence-corrected chi connectivity index (χ1v) is 4.83. The van der Waals surface area contributed by atoms with Gasteiger partial charge in [0.25, 0.3) is 0 Å². The molecule has 0 aliphatic rings. The number of carboxylic acids is 1. The summed E-state index contributed by atoms with van der Waals surface area (Å²) in [6, 6.07) is 6.70. The Kier molecular flexibility index (Phi) is 4.12. The van der Waals surface area contributed by atoms with Gasteiger partial charge in [0, 0.05) is 6.04 Å². The molecule has 0 saturated carbocycles. The van der Waals surface area contributed by atoms with Crippen LogP contribution in [-0.2, 0) is 4.79 Å². The van der Waals surface area contributed by atoms with E-state index in [1.165, 1.54) is 0 Å². The maximum Gasteiger partial charge on any atom is 0.305 e. The zero-order valence-electron chi connectivity index (χ0n) is 8.64. The van der Waals surface area contributed by atoms with Gasteiger partial charge in [-0.1, -0.05) is 12.1 Å². The Morgan fingerprint density at radius 3 is 2.53 bits per heavy atom. The summed E-state index contributed by atoms with van der Waals surface area (Å²) in [5.74, 6) is -0.125. The van der Waals surface area contributed by atoms with Gasteiger partial charge in [-0.15, -0.1) is 0 Å². The Balaban J connectivity index is 2.66. The lowest BCUT2D eigenvalue weighted by atomic mass is 10.1. The van der Waals surface area contributed by atoms with E-state index in [2.05, 4.69) is 0 Å². The largest absolute Gasteiger partial charge is 0.494 e. The van der Waals surface area contributed by atoms with Gasteiger partial charge in [-0.05, 0) is 24.6 Å². The highest BCUT2D eigenvalue weighted by atomic mass is 16.5. The summed E-state index contributed by atoms with van der Waals surface area (Å²) in [6.07, 6.45) is -0.0615. The van der Waals surface area contributed by atoms with Crippen LogP contribution in [0.1, 0.15) is 24.9 Å². The van der Waals surface area contributed by atoms with Crippen LogP contribution in [0.25, 0.3) is 0 Å². The van der Waals surface area contributed by atoms with Gasteiger partial charge in [0.15, 0.2) is 0 Å². The van der Waals surface area contributed by atoms with E-state index in [1.54, 1.807) is 24.3 Å². The number of rotatable bonds is 5. The van der Waals surface area contributed by atoms with Crippen LogP contribution >= 0.6 is 0 Å². The molecule has 15 heavy (non-hydrogen) atoms. The van der Waals surface area contributed by atoms with E-state index in [1.807, 2.05) is 6.92 Å². The van der Waals surface area contributed by atoms with Crippen molar-refractivity contribution in [2.75, 3.05) is 6.61 Å². The highest BCUT2D eigenvalue weighted by Gasteiger charge is 2.10.